The number of ether oxygens (including phenoxy) is 1. The summed E-state index contributed by atoms with van der Waals surface area (Å²) in [6, 6.07) is -0.151. The average Bonchev–Trinajstić information content (AvgIpc) is 2.99. The average molecular weight is 587 g/mol. The summed E-state index contributed by atoms with van der Waals surface area (Å²) in [6.07, 6.45) is 28.5. The van der Waals surface area contributed by atoms with E-state index in [2.05, 4.69) is 39.9 Å². The number of nitrogens with one attached hydrogen (secondary N) is 4. The molecule has 0 rings (SSSR count). The van der Waals surface area contributed by atoms with Crippen molar-refractivity contribution in [3.8, 4) is 0 Å². The summed E-state index contributed by atoms with van der Waals surface area (Å²) in [4.78, 5) is 31.0. The Morgan fingerprint density at radius 2 is 0.951 bits per heavy atom. The van der Waals surface area contributed by atoms with Gasteiger partial charge in [-0.15, -0.1) is 0 Å². The van der Waals surface area contributed by atoms with Gasteiger partial charge in [0, 0.05) is 13.1 Å². The molecule has 8 heteroatoms. The molecule has 246 valence electrons. The molecule has 0 saturated carbocycles. The van der Waals surface area contributed by atoms with Gasteiger partial charge in [-0.25, -0.2) is 0 Å². The molecule has 0 aromatic rings. The van der Waals surface area contributed by atoms with Crippen molar-refractivity contribution in [2.75, 3.05) is 40.8 Å². The summed E-state index contributed by atoms with van der Waals surface area (Å²) in [7, 11) is 5.12. The maximum absolute atomic E-state index is 11.1. The summed E-state index contributed by atoms with van der Waals surface area (Å²) in [6.45, 7) is 7.19. The normalized spacial score (nSPS) is 10.9. The number of carbonyl (C=O) groups excluding carboxylic acids is 3. The molecule has 0 spiro atoms. The van der Waals surface area contributed by atoms with Crippen LogP contribution < -0.4 is 21.3 Å². The van der Waals surface area contributed by atoms with Crippen molar-refractivity contribution in [2.45, 2.75) is 155 Å². The standard InChI is InChI=1S/2C12H25NO.C9H20N2O2/c2*1-2-3-4-5-6-7-8-9-10-11-13-12-14;1-10-7-5-4-6-8(11-2)9(12)13-3/h2*12H,2-11H2,1H3,(H,13,14);8,10-11H,4-7H2,1-3H3. The zero-order chi connectivity index (χ0) is 31.1. The molecule has 0 aromatic carbocycles. The van der Waals surface area contributed by atoms with E-state index in [1.54, 1.807) is 7.05 Å². The number of rotatable bonds is 29. The molecule has 0 aromatic heterocycles. The summed E-state index contributed by atoms with van der Waals surface area (Å²) in [5.74, 6) is -0.174. The molecule has 0 aliphatic carbocycles. The van der Waals surface area contributed by atoms with Crippen molar-refractivity contribution in [3.63, 3.8) is 0 Å². The van der Waals surface area contributed by atoms with Crippen LogP contribution in [0.3, 0.4) is 0 Å². The van der Waals surface area contributed by atoms with Crippen LogP contribution in [0.4, 0.5) is 0 Å². The van der Waals surface area contributed by atoms with E-state index in [0.29, 0.717) is 0 Å². The Labute approximate surface area is 254 Å². The quantitative estimate of drug-likeness (QED) is 0.0443. The second kappa shape index (κ2) is 42.8. The van der Waals surface area contributed by atoms with Gasteiger partial charge in [0.2, 0.25) is 12.8 Å². The third-order valence-corrected chi connectivity index (χ3v) is 7.02. The first-order valence-corrected chi connectivity index (χ1v) is 16.8. The number of hydrogen-bond donors (Lipinski definition) is 4. The second-order valence-electron chi connectivity index (χ2n) is 10.8. The predicted octanol–water partition coefficient (Wildman–Crippen LogP) is 6.66. The monoisotopic (exact) mass is 587 g/mol. The number of methoxy groups -OCH3 is 1. The van der Waals surface area contributed by atoms with Crippen molar-refractivity contribution in [1.82, 2.24) is 21.3 Å². The van der Waals surface area contributed by atoms with Gasteiger partial charge in [-0.05, 0) is 46.3 Å². The lowest BCUT2D eigenvalue weighted by atomic mass is 10.1. The molecule has 0 bridgehead atoms. The molecule has 0 saturated heterocycles. The van der Waals surface area contributed by atoms with E-state index in [4.69, 9.17) is 0 Å². The fourth-order valence-electron chi connectivity index (χ4n) is 4.37. The van der Waals surface area contributed by atoms with E-state index in [1.165, 1.54) is 110 Å². The van der Waals surface area contributed by atoms with Crippen LogP contribution in [0.2, 0.25) is 0 Å². The number of amides is 2. The van der Waals surface area contributed by atoms with Gasteiger partial charge in [0.15, 0.2) is 0 Å². The number of esters is 1. The first kappa shape index (κ1) is 43.8. The summed E-state index contributed by atoms with van der Waals surface area (Å²) < 4.78 is 4.64. The van der Waals surface area contributed by atoms with Gasteiger partial charge in [-0.2, -0.15) is 0 Å². The van der Waals surface area contributed by atoms with Crippen LogP contribution in [0.15, 0.2) is 0 Å². The van der Waals surface area contributed by atoms with Crippen molar-refractivity contribution in [3.05, 3.63) is 0 Å². The van der Waals surface area contributed by atoms with Crippen LogP contribution in [0.25, 0.3) is 0 Å². The van der Waals surface area contributed by atoms with Gasteiger partial charge in [-0.3, -0.25) is 14.4 Å². The van der Waals surface area contributed by atoms with E-state index in [-0.39, 0.29) is 12.0 Å². The minimum Gasteiger partial charge on any atom is -0.468 e. The van der Waals surface area contributed by atoms with Gasteiger partial charge in [0.05, 0.1) is 7.11 Å². The van der Waals surface area contributed by atoms with Crippen molar-refractivity contribution in [1.29, 1.82) is 0 Å². The third-order valence-electron chi connectivity index (χ3n) is 7.02. The molecule has 1 atom stereocenters. The van der Waals surface area contributed by atoms with Gasteiger partial charge in [0.25, 0.3) is 0 Å². The zero-order valence-corrected chi connectivity index (χ0v) is 27.8. The van der Waals surface area contributed by atoms with E-state index >= 15 is 0 Å². The Balaban J connectivity index is -0.000000529. The summed E-state index contributed by atoms with van der Waals surface area (Å²) in [5, 5.41) is 11.4. The lowest BCUT2D eigenvalue weighted by Gasteiger charge is -2.12. The van der Waals surface area contributed by atoms with Gasteiger partial charge in [0.1, 0.15) is 6.04 Å². The molecule has 1 unspecified atom stereocenters. The minimum atomic E-state index is -0.174. The van der Waals surface area contributed by atoms with Crippen LogP contribution in [-0.2, 0) is 19.1 Å². The third kappa shape index (κ3) is 42.9. The summed E-state index contributed by atoms with van der Waals surface area (Å²) >= 11 is 0. The SMILES string of the molecule is CCCCCCCCCCCNC=O.CCCCCCCCCCCNC=O.CNCCCCC(NC)C(=O)OC. The van der Waals surface area contributed by atoms with Crippen molar-refractivity contribution >= 4 is 18.8 Å². The Hall–Kier alpha value is -1.67. The van der Waals surface area contributed by atoms with Gasteiger partial charge >= 0.3 is 5.97 Å². The Morgan fingerprint density at radius 3 is 1.27 bits per heavy atom. The largest absolute Gasteiger partial charge is 0.468 e. The molecule has 0 radical (unpaired) electrons. The molecule has 2 amide bonds. The molecule has 4 N–H and O–H groups in total. The zero-order valence-electron chi connectivity index (χ0n) is 27.8. The molecule has 8 nitrogen and oxygen atoms in total. The van der Waals surface area contributed by atoms with Crippen molar-refractivity contribution in [2.24, 2.45) is 0 Å². The molecular formula is C33H70N4O4. The minimum absolute atomic E-state index is 0.151. The Kier molecular flexibility index (Phi) is 45.7. The maximum atomic E-state index is 11.1. The van der Waals surface area contributed by atoms with E-state index in [9.17, 15) is 14.4 Å². The lowest BCUT2D eigenvalue weighted by Crippen LogP contribution is -2.34. The van der Waals surface area contributed by atoms with Crippen LogP contribution in [0.1, 0.15) is 149 Å². The highest BCUT2D eigenvalue weighted by Gasteiger charge is 2.15. The fraction of sp³-hybridized carbons (Fsp3) is 0.909. The Morgan fingerprint density at radius 1 is 0.585 bits per heavy atom. The lowest BCUT2D eigenvalue weighted by molar-refractivity contribution is -0.143. The number of hydrogen-bond acceptors (Lipinski definition) is 6. The van der Waals surface area contributed by atoms with Crippen LogP contribution in [0.5, 0.6) is 0 Å². The first-order valence-electron chi connectivity index (χ1n) is 16.8. The van der Waals surface area contributed by atoms with Gasteiger partial charge in [-0.1, -0.05) is 123 Å². The number of likely N-dealkylation sites (N-methyl/N-ethyl adjacent to an activating group) is 1. The fourth-order valence-corrected chi connectivity index (χ4v) is 4.37. The Bertz CT molecular complexity index is 482. The van der Waals surface area contributed by atoms with Crippen LogP contribution >= 0.6 is 0 Å². The van der Waals surface area contributed by atoms with E-state index in [1.807, 2.05) is 7.05 Å². The van der Waals surface area contributed by atoms with E-state index < -0.39 is 0 Å². The molecule has 41 heavy (non-hydrogen) atoms. The molecule has 0 aliphatic heterocycles. The van der Waals surface area contributed by atoms with Crippen LogP contribution in [-0.4, -0.2) is 65.7 Å². The van der Waals surface area contributed by atoms with Crippen LogP contribution in [0, 0.1) is 0 Å². The number of carbonyl (C=O) groups is 3. The smallest absolute Gasteiger partial charge is 0.322 e. The molecule has 0 aliphatic rings. The van der Waals surface area contributed by atoms with Crippen molar-refractivity contribution < 1.29 is 19.1 Å². The molecule has 0 heterocycles. The predicted molar refractivity (Wildman–Crippen MR) is 175 cm³/mol. The highest BCUT2D eigenvalue weighted by Crippen LogP contribution is 2.10. The van der Waals surface area contributed by atoms with Gasteiger partial charge < -0.3 is 26.0 Å². The highest BCUT2D eigenvalue weighted by atomic mass is 16.5. The highest BCUT2D eigenvalue weighted by molar-refractivity contribution is 5.75. The number of unbranched alkanes of at least 4 members (excludes halogenated alkanes) is 17. The topological polar surface area (TPSA) is 109 Å². The first-order chi connectivity index (χ1) is 20.1. The van der Waals surface area contributed by atoms with E-state index in [0.717, 1.165) is 64.6 Å². The molecular weight excluding hydrogens is 516 g/mol. The molecule has 0 fully saturated rings. The maximum Gasteiger partial charge on any atom is 0.322 e. The second-order valence-corrected chi connectivity index (χ2v) is 10.8. The summed E-state index contributed by atoms with van der Waals surface area (Å²) in [5.41, 5.74) is 0.